The monoisotopic (exact) mass is 290 g/mol. The van der Waals surface area contributed by atoms with Gasteiger partial charge in [-0.25, -0.2) is 4.79 Å². The molecule has 0 saturated heterocycles. The molecular weight excluding hydrogens is 276 g/mol. The van der Waals surface area contributed by atoms with Crippen LogP contribution in [0.15, 0.2) is 21.3 Å². The Hall–Kier alpha value is -0.530. The van der Waals surface area contributed by atoms with Gasteiger partial charge in [0.05, 0.1) is 0 Å². The van der Waals surface area contributed by atoms with Gasteiger partial charge in [-0.3, -0.25) is 0 Å². The first kappa shape index (κ1) is 14.5. The molecule has 0 aliphatic heterocycles. The standard InChI is InChI=1S/C10H14N2O2S3/c1-4-8(13)14-7(3)6-16-10-12-11-9(17-10)15-5-2/h4,7H,1,5-6H2,2-3H3. The first-order chi connectivity index (χ1) is 8.15. The number of ether oxygens (including phenoxy) is 1. The Morgan fingerprint density at radius 3 is 2.76 bits per heavy atom. The number of aromatic nitrogens is 2. The molecule has 17 heavy (non-hydrogen) atoms. The average Bonchev–Trinajstić information content (AvgIpc) is 2.74. The SMILES string of the molecule is C=CC(=O)OC(C)CSc1nnc(SCC)s1. The van der Waals surface area contributed by atoms with Crippen LogP contribution in [-0.2, 0) is 9.53 Å². The molecule has 0 aliphatic carbocycles. The molecule has 0 fully saturated rings. The molecule has 0 radical (unpaired) electrons. The summed E-state index contributed by atoms with van der Waals surface area (Å²) in [4.78, 5) is 10.9. The van der Waals surface area contributed by atoms with E-state index in [1.165, 1.54) is 6.08 Å². The van der Waals surface area contributed by atoms with E-state index >= 15 is 0 Å². The third-order valence-electron chi connectivity index (χ3n) is 1.58. The van der Waals surface area contributed by atoms with Crippen LogP contribution in [0.4, 0.5) is 0 Å². The van der Waals surface area contributed by atoms with Crippen molar-refractivity contribution in [2.75, 3.05) is 11.5 Å². The Kier molecular flexibility index (Phi) is 6.61. The molecule has 0 saturated carbocycles. The zero-order valence-corrected chi connectivity index (χ0v) is 12.2. The Morgan fingerprint density at radius 2 is 2.18 bits per heavy atom. The molecule has 0 aliphatic rings. The van der Waals surface area contributed by atoms with Gasteiger partial charge in [0.2, 0.25) is 0 Å². The zero-order valence-electron chi connectivity index (χ0n) is 9.71. The lowest BCUT2D eigenvalue weighted by Gasteiger charge is -2.09. The largest absolute Gasteiger partial charge is 0.459 e. The quantitative estimate of drug-likeness (QED) is 0.437. The van der Waals surface area contributed by atoms with E-state index in [2.05, 4.69) is 23.7 Å². The summed E-state index contributed by atoms with van der Waals surface area (Å²) in [5.41, 5.74) is 0. The molecule has 1 heterocycles. The fraction of sp³-hybridized carbons (Fsp3) is 0.500. The van der Waals surface area contributed by atoms with E-state index < -0.39 is 5.97 Å². The van der Waals surface area contributed by atoms with E-state index in [0.29, 0.717) is 5.75 Å². The smallest absolute Gasteiger partial charge is 0.330 e. The molecule has 1 aromatic heterocycles. The highest BCUT2D eigenvalue weighted by Crippen LogP contribution is 2.29. The number of esters is 1. The molecule has 1 rings (SSSR count). The molecule has 7 heteroatoms. The maximum absolute atomic E-state index is 10.9. The van der Waals surface area contributed by atoms with Gasteiger partial charge in [-0.15, -0.1) is 10.2 Å². The van der Waals surface area contributed by atoms with Crippen LogP contribution >= 0.6 is 34.9 Å². The number of hydrogen-bond acceptors (Lipinski definition) is 7. The Balaban J connectivity index is 2.33. The highest BCUT2D eigenvalue weighted by Gasteiger charge is 2.10. The lowest BCUT2D eigenvalue weighted by atomic mass is 10.5. The van der Waals surface area contributed by atoms with Gasteiger partial charge in [-0.05, 0) is 12.7 Å². The fourth-order valence-corrected chi connectivity index (χ4v) is 3.77. The summed E-state index contributed by atoms with van der Waals surface area (Å²) in [6.07, 6.45) is 1.01. The Labute approximate surface area is 113 Å². The molecule has 1 atom stereocenters. The molecule has 0 aromatic carbocycles. The van der Waals surface area contributed by atoms with Gasteiger partial charge in [0.1, 0.15) is 6.10 Å². The summed E-state index contributed by atoms with van der Waals surface area (Å²) in [6.45, 7) is 7.27. The topological polar surface area (TPSA) is 52.1 Å². The van der Waals surface area contributed by atoms with Crippen molar-refractivity contribution in [1.82, 2.24) is 10.2 Å². The predicted molar refractivity (Wildman–Crippen MR) is 72.8 cm³/mol. The molecule has 1 aromatic rings. The lowest BCUT2D eigenvalue weighted by molar-refractivity contribution is -0.141. The van der Waals surface area contributed by atoms with Crippen LogP contribution in [0.2, 0.25) is 0 Å². The Morgan fingerprint density at radius 1 is 1.53 bits per heavy atom. The first-order valence-corrected chi connectivity index (χ1v) is 7.86. The van der Waals surface area contributed by atoms with Gasteiger partial charge in [0.25, 0.3) is 0 Å². The van der Waals surface area contributed by atoms with E-state index in [4.69, 9.17) is 4.74 Å². The second kappa shape index (κ2) is 7.73. The second-order valence-electron chi connectivity index (χ2n) is 3.03. The number of rotatable bonds is 7. The van der Waals surface area contributed by atoms with Gasteiger partial charge in [-0.2, -0.15) is 0 Å². The third-order valence-corrected chi connectivity index (χ3v) is 4.88. The molecular formula is C10H14N2O2S3. The summed E-state index contributed by atoms with van der Waals surface area (Å²) < 4.78 is 6.93. The molecule has 0 spiro atoms. The van der Waals surface area contributed by atoms with Crippen molar-refractivity contribution in [3.05, 3.63) is 12.7 Å². The van der Waals surface area contributed by atoms with E-state index in [9.17, 15) is 4.79 Å². The van der Waals surface area contributed by atoms with Crippen molar-refractivity contribution in [2.45, 2.75) is 28.6 Å². The molecule has 1 unspecified atom stereocenters. The maximum atomic E-state index is 10.9. The van der Waals surface area contributed by atoms with Crippen LogP contribution < -0.4 is 0 Å². The number of carbonyl (C=O) groups excluding carboxylic acids is 1. The van der Waals surface area contributed by atoms with Gasteiger partial charge in [0.15, 0.2) is 8.68 Å². The summed E-state index contributed by atoms with van der Waals surface area (Å²) in [5, 5.41) is 8.10. The van der Waals surface area contributed by atoms with Crippen LogP contribution in [0, 0.1) is 0 Å². The van der Waals surface area contributed by atoms with E-state index in [0.717, 1.165) is 14.4 Å². The minimum Gasteiger partial charge on any atom is -0.459 e. The fourth-order valence-electron chi connectivity index (χ4n) is 0.906. The van der Waals surface area contributed by atoms with Gasteiger partial charge in [-0.1, -0.05) is 48.4 Å². The highest BCUT2D eigenvalue weighted by atomic mass is 32.2. The van der Waals surface area contributed by atoms with Crippen molar-refractivity contribution in [3.63, 3.8) is 0 Å². The van der Waals surface area contributed by atoms with Crippen molar-refractivity contribution >= 4 is 40.8 Å². The van der Waals surface area contributed by atoms with E-state index in [1.54, 1.807) is 34.9 Å². The molecule has 4 nitrogen and oxygen atoms in total. The van der Waals surface area contributed by atoms with Crippen LogP contribution in [0.3, 0.4) is 0 Å². The van der Waals surface area contributed by atoms with Crippen LogP contribution in [-0.4, -0.2) is 33.8 Å². The summed E-state index contributed by atoms with van der Waals surface area (Å²) >= 11 is 4.79. The second-order valence-corrected chi connectivity index (χ2v) is 6.79. The summed E-state index contributed by atoms with van der Waals surface area (Å²) in [5.74, 6) is 1.27. The van der Waals surface area contributed by atoms with Crippen molar-refractivity contribution in [3.8, 4) is 0 Å². The number of hydrogen-bond donors (Lipinski definition) is 0. The minimum atomic E-state index is -0.391. The summed E-state index contributed by atoms with van der Waals surface area (Å²) in [7, 11) is 0. The third kappa shape index (κ3) is 5.56. The van der Waals surface area contributed by atoms with Crippen molar-refractivity contribution in [2.24, 2.45) is 0 Å². The molecule has 94 valence electrons. The minimum absolute atomic E-state index is 0.156. The van der Waals surface area contributed by atoms with Gasteiger partial charge in [0, 0.05) is 11.8 Å². The number of nitrogens with zero attached hydrogens (tertiary/aromatic N) is 2. The lowest BCUT2D eigenvalue weighted by Crippen LogP contribution is -2.15. The first-order valence-electron chi connectivity index (χ1n) is 5.07. The van der Waals surface area contributed by atoms with Crippen molar-refractivity contribution in [1.29, 1.82) is 0 Å². The zero-order chi connectivity index (χ0) is 12.7. The normalized spacial score (nSPS) is 12.1. The number of carbonyl (C=O) groups is 1. The Bertz CT molecular complexity index is 381. The van der Waals surface area contributed by atoms with Gasteiger partial charge < -0.3 is 4.74 Å². The molecule has 0 amide bonds. The average molecular weight is 290 g/mol. The molecule has 0 N–H and O–H groups in total. The van der Waals surface area contributed by atoms with Crippen molar-refractivity contribution < 1.29 is 9.53 Å². The van der Waals surface area contributed by atoms with E-state index in [1.807, 2.05) is 6.92 Å². The van der Waals surface area contributed by atoms with Crippen LogP contribution in [0.1, 0.15) is 13.8 Å². The summed E-state index contributed by atoms with van der Waals surface area (Å²) in [6, 6.07) is 0. The van der Waals surface area contributed by atoms with Gasteiger partial charge >= 0.3 is 5.97 Å². The maximum Gasteiger partial charge on any atom is 0.330 e. The van der Waals surface area contributed by atoms with Crippen LogP contribution in [0.5, 0.6) is 0 Å². The van der Waals surface area contributed by atoms with E-state index in [-0.39, 0.29) is 6.10 Å². The molecule has 0 bridgehead atoms. The predicted octanol–water partition coefficient (Wildman–Crippen LogP) is 2.86. The number of thioether (sulfide) groups is 2. The van der Waals surface area contributed by atoms with Crippen LogP contribution in [0.25, 0.3) is 0 Å². The highest BCUT2D eigenvalue weighted by molar-refractivity contribution is 8.03.